The molecule has 0 bridgehead atoms. The van der Waals surface area contributed by atoms with Crippen molar-refractivity contribution in [1.29, 1.82) is 0 Å². The van der Waals surface area contributed by atoms with E-state index in [9.17, 15) is 9.59 Å². The van der Waals surface area contributed by atoms with E-state index in [1.54, 1.807) is 0 Å². The maximum Gasteiger partial charge on any atom is 0.335 e. The van der Waals surface area contributed by atoms with Crippen LogP contribution in [0.4, 0.5) is 10.5 Å². The number of aromatic carboxylic acids is 1. The van der Waals surface area contributed by atoms with Gasteiger partial charge in [0.05, 0.1) is 16.3 Å². The summed E-state index contributed by atoms with van der Waals surface area (Å²) < 4.78 is 0. The first-order chi connectivity index (χ1) is 9.06. The number of benzene rings is 1. The summed E-state index contributed by atoms with van der Waals surface area (Å²) in [6, 6.07) is 3.82. The van der Waals surface area contributed by atoms with Gasteiger partial charge >= 0.3 is 12.0 Å². The lowest BCUT2D eigenvalue weighted by atomic mass is 9.85. The Hall–Kier alpha value is -1.75. The van der Waals surface area contributed by atoms with Crippen LogP contribution in [-0.2, 0) is 0 Å². The molecule has 3 N–H and O–H groups in total. The van der Waals surface area contributed by atoms with Crippen molar-refractivity contribution >= 4 is 29.3 Å². The summed E-state index contributed by atoms with van der Waals surface area (Å²) in [4.78, 5) is 22.5. The van der Waals surface area contributed by atoms with Crippen LogP contribution in [0.3, 0.4) is 0 Å². The molecule has 0 unspecified atom stereocenters. The largest absolute Gasteiger partial charge is 0.478 e. The van der Waals surface area contributed by atoms with Crippen molar-refractivity contribution in [2.24, 2.45) is 5.92 Å². The molecule has 19 heavy (non-hydrogen) atoms. The molecule has 0 spiro atoms. The van der Waals surface area contributed by atoms with Crippen LogP contribution in [0, 0.1) is 5.92 Å². The van der Waals surface area contributed by atoms with E-state index in [1.165, 1.54) is 24.6 Å². The van der Waals surface area contributed by atoms with Crippen molar-refractivity contribution in [3.63, 3.8) is 0 Å². The van der Waals surface area contributed by atoms with Gasteiger partial charge in [0.2, 0.25) is 0 Å². The average Bonchev–Trinajstić information content (AvgIpc) is 2.29. The van der Waals surface area contributed by atoms with Gasteiger partial charge in [0.25, 0.3) is 0 Å². The second-order valence-corrected chi connectivity index (χ2v) is 5.04. The summed E-state index contributed by atoms with van der Waals surface area (Å²) in [6.07, 6.45) is 3.52. The normalized spacial score (nSPS) is 14.6. The van der Waals surface area contributed by atoms with Crippen molar-refractivity contribution in [3.05, 3.63) is 28.8 Å². The topological polar surface area (TPSA) is 78.4 Å². The minimum Gasteiger partial charge on any atom is -0.478 e. The number of anilines is 1. The van der Waals surface area contributed by atoms with Crippen LogP contribution in [0.1, 0.15) is 29.6 Å². The standard InChI is InChI=1S/C13H15ClN2O3/c14-10-5-4-9(12(17)18)6-11(10)16-13(19)15-7-8-2-1-3-8/h4-6,8H,1-3,7H2,(H,17,18)(H2,15,16,19). The van der Waals surface area contributed by atoms with Crippen LogP contribution in [0.2, 0.25) is 5.02 Å². The van der Waals surface area contributed by atoms with Gasteiger partial charge < -0.3 is 15.7 Å². The van der Waals surface area contributed by atoms with Gasteiger partial charge in [-0.3, -0.25) is 0 Å². The Bertz CT molecular complexity index is 501. The van der Waals surface area contributed by atoms with Gasteiger partial charge in [0.1, 0.15) is 0 Å². The maximum absolute atomic E-state index is 11.7. The third-order valence-electron chi connectivity index (χ3n) is 3.24. The smallest absolute Gasteiger partial charge is 0.335 e. The molecule has 1 aliphatic rings. The number of carboxylic acids is 1. The molecule has 1 aromatic rings. The Kier molecular flexibility index (Phi) is 4.27. The number of nitrogens with one attached hydrogen (secondary N) is 2. The second kappa shape index (κ2) is 5.93. The van der Waals surface area contributed by atoms with Crippen LogP contribution in [0.15, 0.2) is 18.2 Å². The van der Waals surface area contributed by atoms with E-state index in [1.807, 2.05) is 0 Å². The fraction of sp³-hybridized carbons (Fsp3) is 0.385. The fourth-order valence-electron chi connectivity index (χ4n) is 1.85. The Morgan fingerprint density at radius 1 is 1.37 bits per heavy atom. The van der Waals surface area contributed by atoms with Crippen LogP contribution in [-0.4, -0.2) is 23.7 Å². The molecular formula is C13H15ClN2O3. The minimum absolute atomic E-state index is 0.0821. The molecule has 2 amide bonds. The lowest BCUT2D eigenvalue weighted by molar-refractivity contribution is 0.0697. The average molecular weight is 283 g/mol. The fourth-order valence-corrected chi connectivity index (χ4v) is 2.02. The van der Waals surface area contributed by atoms with E-state index in [0.717, 1.165) is 12.8 Å². The maximum atomic E-state index is 11.7. The second-order valence-electron chi connectivity index (χ2n) is 4.63. The first-order valence-electron chi connectivity index (χ1n) is 6.14. The monoisotopic (exact) mass is 282 g/mol. The number of rotatable bonds is 4. The van der Waals surface area contributed by atoms with Crippen molar-refractivity contribution in [2.75, 3.05) is 11.9 Å². The number of hydrogen-bond acceptors (Lipinski definition) is 2. The Labute approximate surface area is 116 Å². The van der Waals surface area contributed by atoms with Gasteiger partial charge in [0, 0.05) is 6.54 Å². The predicted molar refractivity (Wildman–Crippen MR) is 72.8 cm³/mol. The Balaban J connectivity index is 1.94. The summed E-state index contributed by atoms with van der Waals surface area (Å²) >= 11 is 5.91. The van der Waals surface area contributed by atoms with Crippen molar-refractivity contribution < 1.29 is 14.7 Å². The molecule has 6 heteroatoms. The molecule has 1 aromatic carbocycles. The highest BCUT2D eigenvalue weighted by atomic mass is 35.5. The molecule has 0 aliphatic heterocycles. The third-order valence-corrected chi connectivity index (χ3v) is 3.57. The van der Waals surface area contributed by atoms with Crippen LogP contribution < -0.4 is 10.6 Å². The molecule has 102 valence electrons. The molecule has 1 aliphatic carbocycles. The van der Waals surface area contributed by atoms with E-state index in [2.05, 4.69) is 10.6 Å². The zero-order valence-electron chi connectivity index (χ0n) is 10.3. The number of hydrogen-bond donors (Lipinski definition) is 3. The third kappa shape index (κ3) is 3.61. The number of urea groups is 1. The molecule has 0 aromatic heterocycles. The molecule has 0 saturated heterocycles. The molecule has 2 rings (SSSR count). The SMILES string of the molecule is O=C(NCC1CCC1)Nc1cc(C(=O)O)ccc1Cl. The van der Waals surface area contributed by atoms with E-state index in [0.29, 0.717) is 23.2 Å². The van der Waals surface area contributed by atoms with Gasteiger partial charge in [-0.15, -0.1) is 0 Å². The van der Waals surface area contributed by atoms with Gasteiger partial charge in [0.15, 0.2) is 0 Å². The lowest BCUT2D eigenvalue weighted by Crippen LogP contribution is -2.35. The number of carbonyl (C=O) groups is 2. The van der Waals surface area contributed by atoms with E-state index < -0.39 is 5.97 Å². The van der Waals surface area contributed by atoms with Gasteiger partial charge in [-0.2, -0.15) is 0 Å². The van der Waals surface area contributed by atoms with Crippen molar-refractivity contribution in [2.45, 2.75) is 19.3 Å². The van der Waals surface area contributed by atoms with Gasteiger partial charge in [-0.05, 0) is 37.0 Å². The van der Waals surface area contributed by atoms with Crippen LogP contribution in [0.5, 0.6) is 0 Å². The van der Waals surface area contributed by atoms with E-state index in [-0.39, 0.29) is 11.6 Å². The highest BCUT2D eigenvalue weighted by Gasteiger charge is 2.18. The lowest BCUT2D eigenvalue weighted by Gasteiger charge is -2.25. The summed E-state index contributed by atoms with van der Waals surface area (Å²) in [6.45, 7) is 0.641. The zero-order valence-corrected chi connectivity index (χ0v) is 11.0. The number of carbonyl (C=O) groups excluding carboxylic acids is 1. The van der Waals surface area contributed by atoms with E-state index in [4.69, 9.17) is 16.7 Å². The van der Waals surface area contributed by atoms with Gasteiger partial charge in [-0.1, -0.05) is 18.0 Å². The number of halogens is 1. The number of amides is 2. The summed E-state index contributed by atoms with van der Waals surface area (Å²) in [5.74, 6) is -0.499. The Morgan fingerprint density at radius 3 is 2.68 bits per heavy atom. The van der Waals surface area contributed by atoms with Crippen LogP contribution >= 0.6 is 11.6 Å². The first-order valence-corrected chi connectivity index (χ1v) is 6.52. The molecular weight excluding hydrogens is 268 g/mol. The van der Waals surface area contributed by atoms with Crippen molar-refractivity contribution in [1.82, 2.24) is 5.32 Å². The van der Waals surface area contributed by atoms with Crippen LogP contribution in [0.25, 0.3) is 0 Å². The summed E-state index contributed by atoms with van der Waals surface area (Å²) in [7, 11) is 0. The molecule has 0 atom stereocenters. The molecule has 0 radical (unpaired) electrons. The molecule has 0 heterocycles. The summed E-state index contributed by atoms with van der Waals surface area (Å²) in [5.41, 5.74) is 0.381. The minimum atomic E-state index is -1.06. The molecule has 1 fully saturated rings. The highest BCUT2D eigenvalue weighted by molar-refractivity contribution is 6.33. The predicted octanol–water partition coefficient (Wildman–Crippen LogP) is 2.96. The number of carboxylic acid groups (broad SMARTS) is 1. The summed E-state index contributed by atoms with van der Waals surface area (Å²) in [5, 5.41) is 14.5. The van der Waals surface area contributed by atoms with E-state index >= 15 is 0 Å². The highest BCUT2D eigenvalue weighted by Crippen LogP contribution is 2.25. The molecule has 5 nitrogen and oxygen atoms in total. The Morgan fingerprint density at radius 2 is 2.11 bits per heavy atom. The zero-order chi connectivity index (χ0) is 13.8. The molecule has 1 saturated carbocycles. The first kappa shape index (κ1) is 13.7. The van der Waals surface area contributed by atoms with Gasteiger partial charge in [-0.25, -0.2) is 9.59 Å². The quantitative estimate of drug-likeness (QED) is 0.794. The van der Waals surface area contributed by atoms with Crippen molar-refractivity contribution in [3.8, 4) is 0 Å².